The van der Waals surface area contributed by atoms with Gasteiger partial charge in [0, 0.05) is 12.1 Å². The summed E-state index contributed by atoms with van der Waals surface area (Å²) in [6.45, 7) is 0.953. The minimum absolute atomic E-state index is 0.314. The van der Waals surface area contributed by atoms with Crippen LogP contribution in [0, 0.1) is 6.92 Å². The zero-order valence-electron chi connectivity index (χ0n) is 9.19. The van der Waals surface area contributed by atoms with Crippen LogP contribution in [-0.4, -0.2) is 19.8 Å². The molecule has 0 atom stereocenters. The molecule has 0 aliphatic rings. The van der Waals surface area contributed by atoms with Crippen molar-refractivity contribution in [3.8, 4) is 5.75 Å². The standard InChI is InChI=1S/C11H14F3NO/c1-8-4-3-5-9(6-15-2)10(8)16-7-11(12,13)14/h3-5,15H,6-7H2,1-2H3. The Hall–Kier alpha value is -1.23. The molecule has 0 saturated carbocycles. The Labute approximate surface area is 92.4 Å². The van der Waals surface area contributed by atoms with Gasteiger partial charge in [0.15, 0.2) is 6.61 Å². The van der Waals surface area contributed by atoms with Crippen molar-refractivity contribution in [2.75, 3.05) is 13.7 Å². The van der Waals surface area contributed by atoms with E-state index in [1.807, 2.05) is 0 Å². The molecule has 0 radical (unpaired) electrons. The Morgan fingerprint density at radius 3 is 2.56 bits per heavy atom. The molecule has 1 N–H and O–H groups in total. The summed E-state index contributed by atoms with van der Waals surface area (Å²) in [5.41, 5.74) is 1.43. The van der Waals surface area contributed by atoms with Gasteiger partial charge in [-0.05, 0) is 19.5 Å². The van der Waals surface area contributed by atoms with Gasteiger partial charge in [0.2, 0.25) is 0 Å². The molecule has 0 bridgehead atoms. The van der Waals surface area contributed by atoms with Crippen molar-refractivity contribution in [3.05, 3.63) is 29.3 Å². The number of rotatable bonds is 4. The number of aryl methyl sites for hydroxylation is 1. The molecular weight excluding hydrogens is 219 g/mol. The number of hydrogen-bond donors (Lipinski definition) is 1. The Morgan fingerprint density at radius 1 is 1.31 bits per heavy atom. The minimum Gasteiger partial charge on any atom is -0.484 e. The lowest BCUT2D eigenvalue weighted by atomic mass is 10.1. The van der Waals surface area contributed by atoms with E-state index >= 15 is 0 Å². The second-order valence-electron chi connectivity index (χ2n) is 3.50. The Morgan fingerprint density at radius 2 is 2.00 bits per heavy atom. The SMILES string of the molecule is CNCc1cccc(C)c1OCC(F)(F)F. The van der Waals surface area contributed by atoms with Crippen LogP contribution >= 0.6 is 0 Å². The fraction of sp³-hybridized carbons (Fsp3) is 0.455. The maximum Gasteiger partial charge on any atom is 0.422 e. The third kappa shape index (κ3) is 3.73. The van der Waals surface area contributed by atoms with Gasteiger partial charge in [-0.1, -0.05) is 18.2 Å². The average molecular weight is 233 g/mol. The first-order chi connectivity index (χ1) is 7.44. The molecule has 1 aromatic rings. The molecule has 1 aromatic carbocycles. The summed E-state index contributed by atoms with van der Waals surface area (Å²) in [6, 6.07) is 5.27. The summed E-state index contributed by atoms with van der Waals surface area (Å²) in [7, 11) is 1.73. The molecule has 0 aliphatic carbocycles. The van der Waals surface area contributed by atoms with Gasteiger partial charge in [0.05, 0.1) is 0 Å². The fourth-order valence-electron chi connectivity index (χ4n) is 1.40. The van der Waals surface area contributed by atoms with Gasteiger partial charge in [-0.25, -0.2) is 0 Å². The van der Waals surface area contributed by atoms with Crippen LogP contribution in [0.25, 0.3) is 0 Å². The third-order valence-electron chi connectivity index (χ3n) is 2.04. The molecule has 0 heterocycles. The summed E-state index contributed by atoms with van der Waals surface area (Å²) in [6.07, 6.45) is -4.31. The van der Waals surface area contributed by atoms with E-state index in [1.54, 1.807) is 32.2 Å². The third-order valence-corrected chi connectivity index (χ3v) is 2.04. The number of alkyl halides is 3. The number of nitrogens with one attached hydrogen (secondary N) is 1. The maximum atomic E-state index is 12.0. The number of para-hydroxylation sites is 1. The maximum absolute atomic E-state index is 12.0. The summed E-state index contributed by atoms with van der Waals surface area (Å²) in [4.78, 5) is 0. The van der Waals surface area contributed by atoms with Crippen molar-refractivity contribution in [3.63, 3.8) is 0 Å². The van der Waals surface area contributed by atoms with Crippen LogP contribution in [0.2, 0.25) is 0 Å². The van der Waals surface area contributed by atoms with Crippen LogP contribution in [-0.2, 0) is 6.54 Å². The van der Waals surface area contributed by atoms with Gasteiger partial charge in [-0.3, -0.25) is 0 Å². The minimum atomic E-state index is -4.31. The predicted molar refractivity (Wildman–Crippen MR) is 55.5 cm³/mol. The van der Waals surface area contributed by atoms with Crippen LogP contribution < -0.4 is 10.1 Å². The number of halogens is 3. The van der Waals surface area contributed by atoms with E-state index in [4.69, 9.17) is 4.74 Å². The first-order valence-electron chi connectivity index (χ1n) is 4.86. The molecule has 0 spiro atoms. The largest absolute Gasteiger partial charge is 0.484 e. The van der Waals surface area contributed by atoms with Crippen LogP contribution in [0.3, 0.4) is 0 Å². The van der Waals surface area contributed by atoms with Crippen molar-refractivity contribution < 1.29 is 17.9 Å². The van der Waals surface area contributed by atoms with E-state index in [2.05, 4.69) is 5.32 Å². The zero-order valence-corrected chi connectivity index (χ0v) is 9.19. The van der Waals surface area contributed by atoms with Gasteiger partial charge >= 0.3 is 6.18 Å². The van der Waals surface area contributed by atoms with Gasteiger partial charge < -0.3 is 10.1 Å². The molecule has 0 amide bonds. The van der Waals surface area contributed by atoms with E-state index in [0.717, 1.165) is 5.56 Å². The molecule has 5 heteroatoms. The van der Waals surface area contributed by atoms with Crippen LogP contribution in [0.1, 0.15) is 11.1 Å². The molecule has 16 heavy (non-hydrogen) atoms. The van der Waals surface area contributed by atoms with E-state index in [1.165, 1.54) is 0 Å². The first kappa shape index (κ1) is 12.8. The van der Waals surface area contributed by atoms with Crippen molar-refractivity contribution in [1.82, 2.24) is 5.32 Å². The van der Waals surface area contributed by atoms with Crippen LogP contribution in [0.5, 0.6) is 5.75 Å². The van der Waals surface area contributed by atoms with E-state index in [9.17, 15) is 13.2 Å². The van der Waals surface area contributed by atoms with Crippen molar-refractivity contribution >= 4 is 0 Å². The normalized spacial score (nSPS) is 11.6. The summed E-state index contributed by atoms with van der Waals surface area (Å²) in [5.74, 6) is 0.314. The smallest absolute Gasteiger partial charge is 0.422 e. The number of benzene rings is 1. The van der Waals surface area contributed by atoms with Crippen LogP contribution in [0.15, 0.2) is 18.2 Å². The average Bonchev–Trinajstić information content (AvgIpc) is 2.15. The Kier molecular flexibility index (Phi) is 4.18. The number of ether oxygens (including phenoxy) is 1. The lowest BCUT2D eigenvalue weighted by Crippen LogP contribution is -2.20. The molecule has 90 valence electrons. The van der Waals surface area contributed by atoms with Gasteiger partial charge in [-0.2, -0.15) is 13.2 Å². The fourth-order valence-corrected chi connectivity index (χ4v) is 1.40. The summed E-state index contributed by atoms with van der Waals surface area (Å²) in [5, 5.41) is 2.89. The van der Waals surface area contributed by atoms with E-state index in [0.29, 0.717) is 17.9 Å². The Balaban J connectivity index is 2.84. The zero-order chi connectivity index (χ0) is 12.2. The second-order valence-corrected chi connectivity index (χ2v) is 3.50. The molecule has 0 aromatic heterocycles. The Bertz CT molecular complexity index is 350. The highest BCUT2D eigenvalue weighted by molar-refractivity contribution is 5.40. The van der Waals surface area contributed by atoms with Crippen molar-refractivity contribution in [2.45, 2.75) is 19.6 Å². The molecule has 0 aliphatic heterocycles. The molecule has 0 unspecified atom stereocenters. The summed E-state index contributed by atoms with van der Waals surface area (Å²) < 4.78 is 41.0. The molecule has 0 saturated heterocycles. The topological polar surface area (TPSA) is 21.3 Å². The van der Waals surface area contributed by atoms with E-state index < -0.39 is 12.8 Å². The molecule has 1 rings (SSSR count). The summed E-state index contributed by atoms with van der Waals surface area (Å²) >= 11 is 0. The number of hydrogen-bond acceptors (Lipinski definition) is 2. The molecule has 0 fully saturated rings. The highest BCUT2D eigenvalue weighted by Crippen LogP contribution is 2.25. The van der Waals surface area contributed by atoms with Gasteiger partial charge in [0.25, 0.3) is 0 Å². The highest BCUT2D eigenvalue weighted by Gasteiger charge is 2.29. The lowest BCUT2D eigenvalue weighted by Gasteiger charge is -2.15. The second kappa shape index (κ2) is 5.21. The van der Waals surface area contributed by atoms with Gasteiger partial charge in [-0.15, -0.1) is 0 Å². The predicted octanol–water partition coefficient (Wildman–Crippen LogP) is 2.66. The van der Waals surface area contributed by atoms with Crippen molar-refractivity contribution in [1.29, 1.82) is 0 Å². The van der Waals surface area contributed by atoms with Crippen molar-refractivity contribution in [2.24, 2.45) is 0 Å². The monoisotopic (exact) mass is 233 g/mol. The first-order valence-corrected chi connectivity index (χ1v) is 4.86. The molecule has 2 nitrogen and oxygen atoms in total. The van der Waals surface area contributed by atoms with E-state index in [-0.39, 0.29) is 0 Å². The lowest BCUT2D eigenvalue weighted by molar-refractivity contribution is -0.153. The highest BCUT2D eigenvalue weighted by atomic mass is 19.4. The quantitative estimate of drug-likeness (QED) is 0.863. The molecular formula is C11H14F3NO. The van der Waals surface area contributed by atoms with Crippen LogP contribution in [0.4, 0.5) is 13.2 Å². The van der Waals surface area contributed by atoms with Gasteiger partial charge in [0.1, 0.15) is 5.75 Å².